The van der Waals surface area contributed by atoms with Crippen molar-refractivity contribution in [2.45, 2.75) is 12.5 Å². The summed E-state index contributed by atoms with van der Waals surface area (Å²) in [6.07, 6.45) is 7.24. The minimum absolute atomic E-state index is 0.0856. The molecule has 1 heterocycles. The van der Waals surface area contributed by atoms with E-state index in [1.165, 1.54) is 6.33 Å². The molecule has 0 saturated carbocycles. The molecule has 0 aliphatic carbocycles. The molecule has 1 unspecified atom stereocenters. The lowest BCUT2D eigenvalue weighted by atomic mass is 10.2. The molecule has 58 valence electrons. The highest BCUT2D eigenvalue weighted by molar-refractivity contribution is 4.98. The molecule has 0 bridgehead atoms. The number of H-pyrrole nitrogens is 1. The number of nitrogens with zero attached hydrogens (tertiary/aromatic N) is 2. The Bertz CT molecular complexity index is 233. The van der Waals surface area contributed by atoms with Gasteiger partial charge in [-0.1, -0.05) is 0 Å². The Morgan fingerprint density at radius 2 is 2.73 bits per heavy atom. The van der Waals surface area contributed by atoms with E-state index in [4.69, 9.17) is 6.42 Å². The summed E-state index contributed by atoms with van der Waals surface area (Å²) in [5.74, 6) is 3.34. The molecule has 1 aromatic heterocycles. The number of nitrogens with one attached hydrogen (secondary N) is 2. The third-order valence-electron chi connectivity index (χ3n) is 1.43. The summed E-state index contributed by atoms with van der Waals surface area (Å²) < 4.78 is 0. The highest BCUT2D eigenvalue weighted by atomic mass is 15.2. The number of aromatic nitrogens is 3. The molecule has 0 aliphatic heterocycles. The predicted octanol–water partition coefficient (Wildman–Crippen LogP) is 0.0885. The Balaban J connectivity index is 2.65. The van der Waals surface area contributed by atoms with E-state index in [-0.39, 0.29) is 6.04 Å². The second kappa shape index (κ2) is 3.74. The first-order valence-corrected chi connectivity index (χ1v) is 3.34. The van der Waals surface area contributed by atoms with Crippen LogP contribution in [-0.2, 0) is 0 Å². The molecule has 11 heavy (non-hydrogen) atoms. The molecule has 1 atom stereocenters. The van der Waals surface area contributed by atoms with E-state index >= 15 is 0 Å². The first-order valence-electron chi connectivity index (χ1n) is 3.34. The fourth-order valence-corrected chi connectivity index (χ4v) is 0.836. The van der Waals surface area contributed by atoms with E-state index in [9.17, 15) is 0 Å². The highest BCUT2D eigenvalue weighted by Crippen LogP contribution is 2.08. The Morgan fingerprint density at radius 3 is 3.18 bits per heavy atom. The number of aromatic amines is 1. The summed E-state index contributed by atoms with van der Waals surface area (Å²) in [4.78, 5) is 3.98. The van der Waals surface area contributed by atoms with Gasteiger partial charge in [-0.25, -0.2) is 4.98 Å². The maximum atomic E-state index is 5.16. The fourth-order valence-electron chi connectivity index (χ4n) is 0.836. The molecular weight excluding hydrogens is 140 g/mol. The molecule has 1 aromatic rings. The van der Waals surface area contributed by atoms with Crippen molar-refractivity contribution in [3.05, 3.63) is 12.2 Å². The van der Waals surface area contributed by atoms with E-state index in [0.29, 0.717) is 6.42 Å². The number of rotatable bonds is 3. The lowest BCUT2D eigenvalue weighted by molar-refractivity contribution is 0.577. The smallest absolute Gasteiger partial charge is 0.142 e. The Hall–Kier alpha value is -1.34. The van der Waals surface area contributed by atoms with Crippen LogP contribution in [0.3, 0.4) is 0 Å². The van der Waals surface area contributed by atoms with Gasteiger partial charge in [0.2, 0.25) is 0 Å². The first-order chi connectivity index (χ1) is 5.38. The molecule has 4 nitrogen and oxygen atoms in total. The average molecular weight is 150 g/mol. The molecule has 0 saturated heterocycles. The van der Waals surface area contributed by atoms with E-state index in [0.717, 1.165) is 5.82 Å². The van der Waals surface area contributed by atoms with Crippen molar-refractivity contribution in [3.63, 3.8) is 0 Å². The van der Waals surface area contributed by atoms with Crippen LogP contribution in [0.4, 0.5) is 0 Å². The van der Waals surface area contributed by atoms with Gasteiger partial charge in [-0.2, -0.15) is 5.10 Å². The van der Waals surface area contributed by atoms with Crippen LogP contribution in [0.25, 0.3) is 0 Å². The van der Waals surface area contributed by atoms with Gasteiger partial charge in [-0.15, -0.1) is 12.3 Å². The van der Waals surface area contributed by atoms with Gasteiger partial charge in [0.05, 0.1) is 6.04 Å². The zero-order chi connectivity index (χ0) is 8.10. The maximum absolute atomic E-state index is 5.16. The van der Waals surface area contributed by atoms with Crippen molar-refractivity contribution in [1.29, 1.82) is 0 Å². The van der Waals surface area contributed by atoms with Gasteiger partial charge in [0.15, 0.2) is 0 Å². The molecule has 0 amide bonds. The van der Waals surface area contributed by atoms with Crippen LogP contribution in [0, 0.1) is 12.3 Å². The standard InChI is InChI=1S/C7H10N4/c1-3-4-6(8-2)7-9-5-10-11-7/h1,5-6,8H,4H2,2H3,(H,9,10,11). The molecule has 4 heteroatoms. The molecule has 0 spiro atoms. The van der Waals surface area contributed by atoms with Crippen LogP contribution < -0.4 is 5.32 Å². The first kappa shape index (κ1) is 7.76. The summed E-state index contributed by atoms with van der Waals surface area (Å²) >= 11 is 0. The average Bonchev–Trinajstić information content (AvgIpc) is 2.52. The van der Waals surface area contributed by atoms with E-state index < -0.39 is 0 Å². The van der Waals surface area contributed by atoms with Gasteiger partial charge in [0, 0.05) is 6.42 Å². The van der Waals surface area contributed by atoms with Crippen molar-refractivity contribution >= 4 is 0 Å². The molecule has 0 fully saturated rings. The Morgan fingerprint density at radius 1 is 1.91 bits per heavy atom. The zero-order valence-corrected chi connectivity index (χ0v) is 6.33. The van der Waals surface area contributed by atoms with Gasteiger partial charge in [-0.3, -0.25) is 5.10 Å². The molecular formula is C7H10N4. The van der Waals surface area contributed by atoms with Gasteiger partial charge >= 0.3 is 0 Å². The van der Waals surface area contributed by atoms with Crippen LogP contribution in [0.1, 0.15) is 18.3 Å². The van der Waals surface area contributed by atoms with E-state index in [1.807, 2.05) is 7.05 Å². The van der Waals surface area contributed by atoms with Crippen molar-refractivity contribution in [2.24, 2.45) is 0 Å². The third kappa shape index (κ3) is 1.79. The fraction of sp³-hybridized carbons (Fsp3) is 0.429. The summed E-state index contributed by atoms with van der Waals surface area (Å²) in [5.41, 5.74) is 0. The van der Waals surface area contributed by atoms with Gasteiger partial charge in [-0.05, 0) is 7.05 Å². The van der Waals surface area contributed by atoms with Crippen LogP contribution in [0.15, 0.2) is 6.33 Å². The number of hydrogen-bond donors (Lipinski definition) is 2. The number of hydrogen-bond acceptors (Lipinski definition) is 3. The van der Waals surface area contributed by atoms with E-state index in [1.54, 1.807) is 0 Å². The largest absolute Gasteiger partial charge is 0.310 e. The molecule has 2 N–H and O–H groups in total. The van der Waals surface area contributed by atoms with Crippen LogP contribution in [0.5, 0.6) is 0 Å². The summed E-state index contributed by atoms with van der Waals surface area (Å²) in [5, 5.41) is 9.51. The molecule has 1 rings (SSSR count). The quantitative estimate of drug-likeness (QED) is 0.600. The summed E-state index contributed by atoms with van der Waals surface area (Å²) in [6, 6.07) is 0.0856. The van der Waals surface area contributed by atoms with Crippen molar-refractivity contribution < 1.29 is 0 Å². The van der Waals surface area contributed by atoms with Crippen LogP contribution >= 0.6 is 0 Å². The van der Waals surface area contributed by atoms with Gasteiger partial charge in [0.1, 0.15) is 12.2 Å². The van der Waals surface area contributed by atoms with Crippen molar-refractivity contribution in [1.82, 2.24) is 20.5 Å². The number of terminal acetylenes is 1. The lowest BCUT2D eigenvalue weighted by Gasteiger charge is -2.07. The minimum Gasteiger partial charge on any atom is -0.310 e. The highest BCUT2D eigenvalue weighted by Gasteiger charge is 2.08. The Labute approximate surface area is 65.4 Å². The Kier molecular flexibility index (Phi) is 2.64. The maximum Gasteiger partial charge on any atom is 0.142 e. The summed E-state index contributed by atoms with van der Waals surface area (Å²) in [7, 11) is 1.84. The summed E-state index contributed by atoms with van der Waals surface area (Å²) in [6.45, 7) is 0. The minimum atomic E-state index is 0.0856. The van der Waals surface area contributed by atoms with Gasteiger partial charge in [0.25, 0.3) is 0 Å². The van der Waals surface area contributed by atoms with Crippen molar-refractivity contribution in [2.75, 3.05) is 7.05 Å². The zero-order valence-electron chi connectivity index (χ0n) is 6.33. The van der Waals surface area contributed by atoms with Gasteiger partial charge < -0.3 is 5.32 Å². The SMILES string of the molecule is C#CCC(NC)c1ncn[nH]1. The topological polar surface area (TPSA) is 53.6 Å². The normalized spacial score (nSPS) is 12.4. The molecule has 0 aromatic carbocycles. The monoisotopic (exact) mass is 150 g/mol. The van der Waals surface area contributed by atoms with E-state index in [2.05, 4.69) is 26.4 Å². The van der Waals surface area contributed by atoms with Crippen molar-refractivity contribution in [3.8, 4) is 12.3 Å². The molecule has 0 radical (unpaired) electrons. The van der Waals surface area contributed by atoms with Crippen LogP contribution in [-0.4, -0.2) is 22.2 Å². The van der Waals surface area contributed by atoms with Crippen LogP contribution in [0.2, 0.25) is 0 Å². The third-order valence-corrected chi connectivity index (χ3v) is 1.43. The molecule has 0 aliphatic rings. The second-order valence-electron chi connectivity index (χ2n) is 2.12. The lowest BCUT2D eigenvalue weighted by Crippen LogP contribution is -2.17. The predicted molar refractivity (Wildman–Crippen MR) is 41.6 cm³/mol. The second-order valence-corrected chi connectivity index (χ2v) is 2.12.